The van der Waals surface area contributed by atoms with Crippen molar-refractivity contribution in [1.29, 1.82) is 0 Å². The van der Waals surface area contributed by atoms with Crippen molar-refractivity contribution in [3.05, 3.63) is 56.0 Å². The van der Waals surface area contributed by atoms with E-state index in [1.807, 2.05) is 19.1 Å². The topological polar surface area (TPSA) is 30.5 Å². The monoisotopic (exact) mass is 473 g/mol. The SMILES string of the molecule is CCOc1cc(CNC(C)(C)CC)cc(Br)c1OCc1ccc(Cl)cc1Cl. The van der Waals surface area contributed by atoms with Gasteiger partial charge in [0.05, 0.1) is 11.1 Å². The minimum atomic E-state index is 0.0821. The predicted molar refractivity (Wildman–Crippen MR) is 117 cm³/mol. The average molecular weight is 475 g/mol. The first-order valence-electron chi connectivity index (χ1n) is 9.02. The molecule has 0 unspecified atom stereocenters. The zero-order chi connectivity index (χ0) is 20.0. The van der Waals surface area contributed by atoms with Crippen LogP contribution in [-0.4, -0.2) is 12.1 Å². The van der Waals surface area contributed by atoms with Crippen LogP contribution in [0.4, 0.5) is 0 Å². The van der Waals surface area contributed by atoms with Crippen LogP contribution in [0.5, 0.6) is 11.5 Å². The first-order valence-corrected chi connectivity index (χ1v) is 10.6. The van der Waals surface area contributed by atoms with Crippen molar-refractivity contribution in [3.8, 4) is 11.5 Å². The number of benzene rings is 2. The van der Waals surface area contributed by atoms with E-state index in [-0.39, 0.29) is 5.54 Å². The van der Waals surface area contributed by atoms with Gasteiger partial charge in [-0.05, 0) is 73.0 Å². The lowest BCUT2D eigenvalue weighted by Gasteiger charge is -2.25. The van der Waals surface area contributed by atoms with Crippen molar-refractivity contribution in [2.45, 2.75) is 52.8 Å². The Bertz CT molecular complexity index is 781. The van der Waals surface area contributed by atoms with Crippen molar-refractivity contribution >= 4 is 39.1 Å². The van der Waals surface area contributed by atoms with Crippen molar-refractivity contribution in [2.75, 3.05) is 6.61 Å². The lowest BCUT2D eigenvalue weighted by Crippen LogP contribution is -2.37. The van der Waals surface area contributed by atoms with Gasteiger partial charge in [-0.25, -0.2) is 0 Å². The first kappa shape index (κ1) is 22.4. The van der Waals surface area contributed by atoms with Crippen LogP contribution in [0, 0.1) is 0 Å². The third-order valence-corrected chi connectivity index (χ3v) is 5.59. The van der Waals surface area contributed by atoms with Crippen molar-refractivity contribution in [3.63, 3.8) is 0 Å². The number of rotatable bonds is 9. The molecule has 0 atom stereocenters. The van der Waals surface area contributed by atoms with Gasteiger partial charge in [-0.2, -0.15) is 0 Å². The maximum Gasteiger partial charge on any atom is 0.175 e. The Labute approximate surface area is 180 Å². The summed E-state index contributed by atoms with van der Waals surface area (Å²) in [5.41, 5.74) is 2.08. The van der Waals surface area contributed by atoms with Gasteiger partial charge < -0.3 is 14.8 Å². The van der Waals surface area contributed by atoms with Gasteiger partial charge in [0.1, 0.15) is 6.61 Å². The zero-order valence-electron chi connectivity index (χ0n) is 16.2. The average Bonchev–Trinajstić information content (AvgIpc) is 2.61. The number of hydrogen-bond donors (Lipinski definition) is 1. The fourth-order valence-corrected chi connectivity index (χ4v) is 3.45. The molecule has 0 heterocycles. The summed E-state index contributed by atoms with van der Waals surface area (Å²) in [4.78, 5) is 0. The largest absolute Gasteiger partial charge is 0.490 e. The van der Waals surface area contributed by atoms with Crippen LogP contribution < -0.4 is 14.8 Å². The second-order valence-electron chi connectivity index (χ2n) is 6.95. The summed E-state index contributed by atoms with van der Waals surface area (Å²) in [5.74, 6) is 1.38. The number of ether oxygens (including phenoxy) is 2. The van der Waals surface area contributed by atoms with Crippen LogP contribution in [0.15, 0.2) is 34.8 Å². The molecule has 0 aromatic heterocycles. The Kier molecular flexibility index (Phi) is 8.29. The Morgan fingerprint density at radius 1 is 1.07 bits per heavy atom. The van der Waals surface area contributed by atoms with Crippen LogP contribution in [-0.2, 0) is 13.2 Å². The quantitative estimate of drug-likeness (QED) is 0.423. The Balaban J connectivity index is 2.19. The van der Waals surface area contributed by atoms with Crippen molar-refractivity contribution in [1.82, 2.24) is 5.32 Å². The van der Waals surface area contributed by atoms with Gasteiger partial charge in [-0.3, -0.25) is 0 Å². The Morgan fingerprint density at radius 2 is 1.81 bits per heavy atom. The summed E-state index contributed by atoms with van der Waals surface area (Å²) in [5, 5.41) is 4.75. The Hall–Kier alpha value is -0.940. The third kappa shape index (κ3) is 6.56. The summed E-state index contributed by atoms with van der Waals surface area (Å²) in [6.45, 7) is 10.2. The summed E-state index contributed by atoms with van der Waals surface area (Å²) in [7, 11) is 0. The molecule has 0 saturated heterocycles. The fraction of sp³-hybridized carbons (Fsp3) is 0.429. The van der Waals surface area contributed by atoms with Crippen LogP contribution in [0.1, 0.15) is 45.2 Å². The van der Waals surface area contributed by atoms with Gasteiger partial charge in [-0.15, -0.1) is 0 Å². The molecule has 0 fully saturated rings. The molecular formula is C21H26BrCl2NO2. The number of halogens is 3. The fourth-order valence-electron chi connectivity index (χ4n) is 2.38. The maximum atomic E-state index is 6.24. The van der Waals surface area contributed by atoms with Gasteiger partial charge in [-0.1, -0.05) is 36.2 Å². The van der Waals surface area contributed by atoms with Gasteiger partial charge in [0.15, 0.2) is 11.5 Å². The second kappa shape index (κ2) is 10.0. The van der Waals surface area contributed by atoms with E-state index in [0.29, 0.717) is 34.8 Å². The first-order chi connectivity index (χ1) is 12.8. The molecule has 27 heavy (non-hydrogen) atoms. The molecule has 0 aliphatic heterocycles. The van der Waals surface area contributed by atoms with Crippen LogP contribution >= 0.6 is 39.1 Å². The van der Waals surface area contributed by atoms with E-state index in [2.05, 4.69) is 48.1 Å². The second-order valence-corrected chi connectivity index (χ2v) is 8.65. The molecule has 0 spiro atoms. The molecule has 0 aliphatic carbocycles. The third-order valence-electron chi connectivity index (χ3n) is 4.41. The summed E-state index contributed by atoms with van der Waals surface area (Å²) < 4.78 is 12.7. The van der Waals surface area contributed by atoms with E-state index in [0.717, 1.165) is 28.6 Å². The number of nitrogens with one attached hydrogen (secondary N) is 1. The lowest BCUT2D eigenvalue weighted by molar-refractivity contribution is 0.267. The van der Waals surface area contributed by atoms with E-state index >= 15 is 0 Å². The van der Waals surface area contributed by atoms with Crippen LogP contribution in [0.25, 0.3) is 0 Å². The molecule has 0 saturated carbocycles. The van der Waals surface area contributed by atoms with E-state index in [1.54, 1.807) is 12.1 Å². The summed E-state index contributed by atoms with van der Waals surface area (Å²) in [6, 6.07) is 9.45. The van der Waals surface area contributed by atoms with Gasteiger partial charge in [0, 0.05) is 27.7 Å². The molecule has 1 N–H and O–H groups in total. The minimum absolute atomic E-state index is 0.0821. The van der Waals surface area contributed by atoms with Crippen molar-refractivity contribution < 1.29 is 9.47 Å². The van der Waals surface area contributed by atoms with Gasteiger partial charge in [0.25, 0.3) is 0 Å². The highest BCUT2D eigenvalue weighted by Gasteiger charge is 2.17. The molecule has 0 bridgehead atoms. The molecule has 6 heteroatoms. The van der Waals surface area contributed by atoms with E-state index in [4.69, 9.17) is 32.7 Å². The molecule has 0 aliphatic rings. The van der Waals surface area contributed by atoms with Crippen LogP contribution in [0.3, 0.4) is 0 Å². The number of hydrogen-bond acceptors (Lipinski definition) is 3. The van der Waals surface area contributed by atoms with Gasteiger partial charge >= 0.3 is 0 Å². The summed E-state index contributed by atoms with van der Waals surface area (Å²) in [6.07, 6.45) is 1.05. The molecule has 2 rings (SSSR count). The molecule has 3 nitrogen and oxygen atoms in total. The van der Waals surface area contributed by atoms with E-state index in [9.17, 15) is 0 Å². The molecular weight excluding hydrogens is 449 g/mol. The smallest absolute Gasteiger partial charge is 0.175 e. The minimum Gasteiger partial charge on any atom is -0.490 e. The highest BCUT2D eigenvalue weighted by atomic mass is 79.9. The highest BCUT2D eigenvalue weighted by molar-refractivity contribution is 9.10. The van der Waals surface area contributed by atoms with E-state index in [1.165, 1.54) is 0 Å². The molecule has 0 radical (unpaired) electrons. The molecule has 0 amide bonds. The lowest BCUT2D eigenvalue weighted by atomic mass is 10.0. The maximum absolute atomic E-state index is 6.24. The zero-order valence-corrected chi connectivity index (χ0v) is 19.3. The normalized spacial score (nSPS) is 11.5. The molecule has 2 aromatic rings. The standard InChI is InChI=1S/C21H26BrCl2NO2/c1-5-21(3,4)25-12-14-9-17(22)20(19(10-14)26-6-2)27-13-15-7-8-16(23)11-18(15)24/h7-11,25H,5-6,12-13H2,1-4H3. The van der Waals surface area contributed by atoms with E-state index < -0.39 is 0 Å². The Morgan fingerprint density at radius 3 is 2.44 bits per heavy atom. The van der Waals surface area contributed by atoms with Crippen molar-refractivity contribution in [2.24, 2.45) is 0 Å². The molecule has 2 aromatic carbocycles. The highest BCUT2D eigenvalue weighted by Crippen LogP contribution is 2.38. The van der Waals surface area contributed by atoms with Gasteiger partial charge in [0.2, 0.25) is 0 Å². The van der Waals surface area contributed by atoms with Crippen LogP contribution in [0.2, 0.25) is 10.0 Å². The molecule has 148 valence electrons. The summed E-state index contributed by atoms with van der Waals surface area (Å²) >= 11 is 15.8. The predicted octanol–water partition coefficient (Wildman–Crippen LogP) is 7.01.